The van der Waals surface area contributed by atoms with Crippen LogP contribution in [0.15, 0.2) is 12.4 Å². The molecule has 0 radical (unpaired) electrons. The largest absolute Gasteiger partial charge is 0.480 e. The highest BCUT2D eigenvalue weighted by molar-refractivity contribution is 5.72. The van der Waals surface area contributed by atoms with Crippen molar-refractivity contribution in [1.82, 2.24) is 24.5 Å². The third kappa shape index (κ3) is 2.54. The van der Waals surface area contributed by atoms with Gasteiger partial charge in [-0.25, -0.2) is 4.98 Å². The molecule has 1 saturated heterocycles. The maximum Gasteiger partial charge on any atom is 0.320 e. The van der Waals surface area contributed by atoms with Crippen LogP contribution in [0.4, 0.5) is 5.82 Å². The van der Waals surface area contributed by atoms with Crippen molar-refractivity contribution in [2.45, 2.75) is 19.9 Å². The van der Waals surface area contributed by atoms with Gasteiger partial charge >= 0.3 is 5.97 Å². The zero-order valence-electron chi connectivity index (χ0n) is 12.1. The second kappa shape index (κ2) is 5.28. The third-order valence-corrected chi connectivity index (χ3v) is 3.90. The maximum absolute atomic E-state index is 11.0. The Kier molecular flexibility index (Phi) is 3.46. The van der Waals surface area contributed by atoms with Crippen LogP contribution in [-0.2, 0) is 4.79 Å². The fourth-order valence-corrected chi connectivity index (χ4v) is 2.63. The highest BCUT2D eigenvalue weighted by Gasteiger charge is 2.26. The minimum Gasteiger partial charge on any atom is -0.480 e. The van der Waals surface area contributed by atoms with Gasteiger partial charge in [-0.3, -0.25) is 9.69 Å². The molecule has 0 aromatic carbocycles. The lowest BCUT2D eigenvalue weighted by atomic mass is 10.2. The molecule has 3 rings (SSSR count). The number of aromatic nitrogens is 4. The number of aliphatic carboxylic acids is 1. The van der Waals surface area contributed by atoms with Crippen molar-refractivity contribution in [3.63, 3.8) is 0 Å². The topological polar surface area (TPSA) is 86.9 Å². The van der Waals surface area contributed by atoms with Gasteiger partial charge in [0, 0.05) is 37.9 Å². The second-order valence-corrected chi connectivity index (χ2v) is 5.26. The second-order valence-electron chi connectivity index (χ2n) is 5.26. The number of aryl methyl sites for hydroxylation is 1. The van der Waals surface area contributed by atoms with Crippen molar-refractivity contribution in [2.75, 3.05) is 31.1 Å². The number of carbonyl (C=O) groups is 1. The van der Waals surface area contributed by atoms with Crippen molar-refractivity contribution in [2.24, 2.45) is 0 Å². The highest BCUT2D eigenvalue weighted by Crippen LogP contribution is 2.18. The monoisotopic (exact) mass is 290 g/mol. The zero-order valence-corrected chi connectivity index (χ0v) is 12.1. The van der Waals surface area contributed by atoms with E-state index in [-0.39, 0.29) is 0 Å². The number of hydrogen-bond donors (Lipinski definition) is 1. The molecule has 8 nitrogen and oxygen atoms in total. The van der Waals surface area contributed by atoms with Crippen molar-refractivity contribution in [3.05, 3.63) is 18.1 Å². The first-order valence-electron chi connectivity index (χ1n) is 6.95. The van der Waals surface area contributed by atoms with Crippen LogP contribution in [0.5, 0.6) is 0 Å². The number of rotatable bonds is 3. The summed E-state index contributed by atoms with van der Waals surface area (Å²) in [6.45, 7) is 6.60. The Hall–Kier alpha value is -2.22. The van der Waals surface area contributed by atoms with E-state index in [9.17, 15) is 4.79 Å². The average molecular weight is 290 g/mol. The molecule has 8 heteroatoms. The fraction of sp³-hybridized carbons (Fsp3) is 0.538. The number of nitrogens with zero attached hydrogens (tertiary/aromatic N) is 6. The van der Waals surface area contributed by atoms with Crippen molar-refractivity contribution >= 4 is 17.6 Å². The molecule has 1 unspecified atom stereocenters. The first-order chi connectivity index (χ1) is 10.1. The van der Waals surface area contributed by atoms with Crippen LogP contribution >= 0.6 is 0 Å². The Morgan fingerprint density at radius 3 is 2.71 bits per heavy atom. The summed E-state index contributed by atoms with van der Waals surface area (Å²) in [5, 5.41) is 13.3. The molecule has 0 amide bonds. The Morgan fingerprint density at radius 1 is 1.33 bits per heavy atom. The lowest BCUT2D eigenvalue weighted by Crippen LogP contribution is -2.52. The molecular formula is C13H18N6O2. The van der Waals surface area contributed by atoms with Gasteiger partial charge < -0.3 is 10.0 Å². The van der Waals surface area contributed by atoms with E-state index in [1.54, 1.807) is 11.4 Å². The van der Waals surface area contributed by atoms with Gasteiger partial charge in [0.15, 0.2) is 0 Å². The number of fused-ring (bicyclic) bond motifs is 1. The number of anilines is 1. The Bertz CT molecular complexity index is 662. The number of carboxylic acid groups (broad SMARTS) is 1. The number of carboxylic acids is 1. The van der Waals surface area contributed by atoms with Crippen LogP contribution in [0.25, 0.3) is 5.78 Å². The van der Waals surface area contributed by atoms with Crippen molar-refractivity contribution in [3.8, 4) is 0 Å². The average Bonchev–Trinajstić information content (AvgIpc) is 2.93. The molecule has 1 aliphatic heterocycles. The van der Waals surface area contributed by atoms with Crippen LogP contribution in [0.1, 0.15) is 12.6 Å². The van der Waals surface area contributed by atoms with E-state index in [1.165, 1.54) is 6.33 Å². The van der Waals surface area contributed by atoms with Gasteiger partial charge in [0.2, 0.25) is 0 Å². The first-order valence-corrected chi connectivity index (χ1v) is 6.95. The summed E-state index contributed by atoms with van der Waals surface area (Å²) in [6.07, 6.45) is 1.49. The Balaban J connectivity index is 1.80. The van der Waals surface area contributed by atoms with Crippen LogP contribution in [0.2, 0.25) is 0 Å². The van der Waals surface area contributed by atoms with Gasteiger partial charge in [-0.1, -0.05) is 0 Å². The first kappa shape index (κ1) is 13.7. The minimum atomic E-state index is -0.776. The summed E-state index contributed by atoms with van der Waals surface area (Å²) in [6, 6.07) is 1.54. The number of hydrogen-bond acceptors (Lipinski definition) is 6. The third-order valence-electron chi connectivity index (χ3n) is 3.90. The normalized spacial score (nSPS) is 18.1. The van der Waals surface area contributed by atoms with E-state index in [1.807, 2.05) is 17.9 Å². The van der Waals surface area contributed by atoms with Gasteiger partial charge in [-0.2, -0.15) is 14.6 Å². The molecule has 1 fully saturated rings. The fourth-order valence-electron chi connectivity index (χ4n) is 2.63. The summed E-state index contributed by atoms with van der Waals surface area (Å²) < 4.78 is 1.73. The van der Waals surface area contributed by atoms with Crippen LogP contribution in [0, 0.1) is 6.92 Å². The molecule has 2 aromatic heterocycles. The predicted molar refractivity (Wildman–Crippen MR) is 76.4 cm³/mol. The Morgan fingerprint density at radius 2 is 2.05 bits per heavy atom. The van der Waals surface area contributed by atoms with E-state index < -0.39 is 12.0 Å². The van der Waals surface area contributed by atoms with E-state index in [0.717, 1.165) is 24.6 Å². The Labute approximate surface area is 122 Å². The summed E-state index contributed by atoms with van der Waals surface area (Å²) in [5.74, 6) is 0.769. The van der Waals surface area contributed by atoms with E-state index in [2.05, 4.69) is 20.0 Å². The predicted octanol–water partition coefficient (Wildman–Crippen LogP) is 0.0278. The SMILES string of the molecule is Cc1cc(N2CCN(C(C)C(=O)O)CC2)n2ncnc2n1. The summed E-state index contributed by atoms with van der Waals surface area (Å²) >= 11 is 0. The van der Waals surface area contributed by atoms with Crippen molar-refractivity contribution in [1.29, 1.82) is 0 Å². The minimum absolute atomic E-state index is 0.447. The van der Waals surface area contributed by atoms with Crippen LogP contribution < -0.4 is 4.90 Å². The molecule has 0 aliphatic carbocycles. The summed E-state index contributed by atoms with van der Waals surface area (Å²) in [7, 11) is 0. The molecule has 1 atom stereocenters. The zero-order chi connectivity index (χ0) is 15.0. The van der Waals surface area contributed by atoms with Gasteiger partial charge in [-0.15, -0.1) is 0 Å². The molecule has 0 spiro atoms. The van der Waals surface area contributed by atoms with E-state index >= 15 is 0 Å². The molecule has 21 heavy (non-hydrogen) atoms. The van der Waals surface area contributed by atoms with E-state index in [0.29, 0.717) is 18.9 Å². The lowest BCUT2D eigenvalue weighted by molar-refractivity contribution is -0.142. The molecule has 0 bridgehead atoms. The maximum atomic E-state index is 11.0. The van der Waals surface area contributed by atoms with Crippen molar-refractivity contribution < 1.29 is 9.90 Å². The molecule has 2 aromatic rings. The summed E-state index contributed by atoms with van der Waals surface area (Å²) in [4.78, 5) is 23.7. The summed E-state index contributed by atoms with van der Waals surface area (Å²) in [5.41, 5.74) is 0.895. The lowest BCUT2D eigenvalue weighted by Gasteiger charge is -2.37. The van der Waals surface area contributed by atoms with Gasteiger partial charge in [0.1, 0.15) is 18.2 Å². The molecule has 1 N–H and O–H groups in total. The highest BCUT2D eigenvalue weighted by atomic mass is 16.4. The molecule has 0 saturated carbocycles. The molecule has 3 heterocycles. The van der Waals surface area contributed by atoms with E-state index in [4.69, 9.17) is 5.11 Å². The van der Waals surface area contributed by atoms with Gasteiger partial charge in [0.05, 0.1) is 0 Å². The quantitative estimate of drug-likeness (QED) is 0.853. The molecular weight excluding hydrogens is 272 g/mol. The molecule has 1 aliphatic rings. The number of piperazine rings is 1. The van der Waals surface area contributed by atoms with Crippen LogP contribution in [0.3, 0.4) is 0 Å². The van der Waals surface area contributed by atoms with Crippen LogP contribution in [-0.4, -0.2) is 67.8 Å². The smallest absolute Gasteiger partial charge is 0.320 e. The van der Waals surface area contributed by atoms with Gasteiger partial charge in [-0.05, 0) is 13.8 Å². The van der Waals surface area contributed by atoms with Gasteiger partial charge in [0.25, 0.3) is 5.78 Å². The molecule has 112 valence electrons. The standard InChI is InChI=1S/C13H18N6O2/c1-9-7-11(19-13(16-9)14-8-15-19)18-5-3-17(4-6-18)10(2)12(20)21/h7-8,10H,3-6H2,1-2H3,(H,20,21).